The van der Waals surface area contributed by atoms with Gasteiger partial charge in [0.1, 0.15) is 11.6 Å². The van der Waals surface area contributed by atoms with Crippen molar-refractivity contribution in [2.45, 2.75) is 6.54 Å². The lowest BCUT2D eigenvalue weighted by molar-refractivity contribution is 0.454. The minimum Gasteiger partial charge on any atom is -0.493 e. The minimum absolute atomic E-state index is 0.0377. The summed E-state index contributed by atoms with van der Waals surface area (Å²) < 4.78 is 12.9. The number of pyridine rings is 1. The van der Waals surface area contributed by atoms with Crippen LogP contribution < -0.4 is 5.32 Å². The second kappa shape index (κ2) is 4.61. The monoisotopic (exact) mass is 218 g/mol. The first kappa shape index (κ1) is 10.4. The van der Waals surface area contributed by atoms with Crippen LogP contribution in [0.3, 0.4) is 0 Å². The van der Waals surface area contributed by atoms with E-state index in [2.05, 4.69) is 10.3 Å². The van der Waals surface area contributed by atoms with E-state index in [1.165, 1.54) is 18.2 Å². The SMILES string of the molecule is Oc1cccc(NCc2cccc(F)c2)n1. The molecule has 0 atom stereocenters. The molecule has 1 aromatic heterocycles. The van der Waals surface area contributed by atoms with Gasteiger partial charge in [0.2, 0.25) is 5.88 Å². The molecule has 0 aliphatic carbocycles. The Labute approximate surface area is 92.6 Å². The van der Waals surface area contributed by atoms with Gasteiger partial charge in [0, 0.05) is 12.6 Å². The number of hydrogen-bond donors (Lipinski definition) is 2. The van der Waals surface area contributed by atoms with Crippen molar-refractivity contribution in [2.24, 2.45) is 0 Å². The fraction of sp³-hybridized carbons (Fsp3) is 0.0833. The van der Waals surface area contributed by atoms with Crippen molar-refractivity contribution in [3.63, 3.8) is 0 Å². The first-order valence-corrected chi connectivity index (χ1v) is 4.88. The third kappa shape index (κ3) is 2.70. The molecular formula is C12H11FN2O. The molecule has 0 aliphatic heterocycles. The number of anilines is 1. The highest BCUT2D eigenvalue weighted by molar-refractivity contribution is 5.37. The molecule has 3 nitrogen and oxygen atoms in total. The Morgan fingerprint density at radius 2 is 2.00 bits per heavy atom. The summed E-state index contributed by atoms with van der Waals surface area (Å²) in [6.07, 6.45) is 0. The van der Waals surface area contributed by atoms with Crippen LogP contribution in [0.2, 0.25) is 0 Å². The van der Waals surface area contributed by atoms with E-state index in [0.717, 1.165) is 5.56 Å². The highest BCUT2D eigenvalue weighted by Gasteiger charge is 1.97. The van der Waals surface area contributed by atoms with Gasteiger partial charge in [-0.2, -0.15) is 4.98 Å². The third-order valence-corrected chi connectivity index (χ3v) is 2.10. The topological polar surface area (TPSA) is 45.1 Å². The molecule has 0 fully saturated rings. The van der Waals surface area contributed by atoms with Crippen LogP contribution in [0.1, 0.15) is 5.56 Å². The van der Waals surface area contributed by atoms with Gasteiger partial charge in [-0.25, -0.2) is 4.39 Å². The Balaban J connectivity index is 2.02. The van der Waals surface area contributed by atoms with Crippen LogP contribution in [-0.4, -0.2) is 10.1 Å². The normalized spacial score (nSPS) is 10.1. The van der Waals surface area contributed by atoms with Crippen LogP contribution in [-0.2, 0) is 6.54 Å². The fourth-order valence-corrected chi connectivity index (χ4v) is 1.36. The Morgan fingerprint density at radius 1 is 1.19 bits per heavy atom. The van der Waals surface area contributed by atoms with Crippen molar-refractivity contribution in [1.82, 2.24) is 4.98 Å². The second-order valence-corrected chi connectivity index (χ2v) is 3.36. The largest absolute Gasteiger partial charge is 0.493 e. The Kier molecular flexibility index (Phi) is 3.00. The number of nitrogens with zero attached hydrogens (tertiary/aromatic N) is 1. The molecule has 2 aromatic rings. The van der Waals surface area contributed by atoms with E-state index in [1.54, 1.807) is 18.2 Å². The van der Waals surface area contributed by atoms with E-state index in [9.17, 15) is 4.39 Å². The Bertz CT molecular complexity index is 442. The van der Waals surface area contributed by atoms with Crippen LogP contribution in [0.5, 0.6) is 5.88 Å². The van der Waals surface area contributed by atoms with Gasteiger partial charge in [-0.1, -0.05) is 18.2 Å². The molecule has 0 amide bonds. The predicted octanol–water partition coefficient (Wildman–Crippen LogP) is 2.54. The van der Waals surface area contributed by atoms with Gasteiger partial charge in [0.15, 0.2) is 0 Å². The van der Waals surface area contributed by atoms with Crippen molar-refractivity contribution < 1.29 is 9.50 Å². The van der Waals surface area contributed by atoms with E-state index < -0.39 is 0 Å². The molecule has 2 N–H and O–H groups in total. The Morgan fingerprint density at radius 3 is 2.75 bits per heavy atom. The zero-order valence-electron chi connectivity index (χ0n) is 8.52. The van der Waals surface area contributed by atoms with Crippen molar-refractivity contribution in [2.75, 3.05) is 5.32 Å². The number of aromatic nitrogens is 1. The number of halogens is 1. The van der Waals surface area contributed by atoms with Gasteiger partial charge in [-0.05, 0) is 23.8 Å². The molecule has 0 bridgehead atoms. The van der Waals surface area contributed by atoms with Gasteiger partial charge in [-0.3, -0.25) is 0 Å². The minimum atomic E-state index is -0.261. The van der Waals surface area contributed by atoms with Crippen LogP contribution in [0.4, 0.5) is 10.2 Å². The van der Waals surface area contributed by atoms with Crippen LogP contribution in [0.15, 0.2) is 42.5 Å². The summed E-state index contributed by atoms with van der Waals surface area (Å²) in [5.74, 6) is 0.261. The molecule has 82 valence electrons. The number of hydrogen-bond acceptors (Lipinski definition) is 3. The molecular weight excluding hydrogens is 207 g/mol. The zero-order valence-corrected chi connectivity index (χ0v) is 8.52. The first-order chi connectivity index (χ1) is 7.74. The summed E-state index contributed by atoms with van der Waals surface area (Å²) >= 11 is 0. The maximum atomic E-state index is 12.9. The van der Waals surface area contributed by atoms with Gasteiger partial charge < -0.3 is 10.4 Å². The molecule has 2 rings (SSSR count). The molecule has 4 heteroatoms. The lowest BCUT2D eigenvalue weighted by Gasteiger charge is -2.05. The van der Waals surface area contributed by atoms with Crippen molar-refractivity contribution in [3.05, 3.63) is 53.8 Å². The maximum absolute atomic E-state index is 12.9. The van der Waals surface area contributed by atoms with E-state index in [-0.39, 0.29) is 11.7 Å². The maximum Gasteiger partial charge on any atom is 0.212 e. The molecule has 16 heavy (non-hydrogen) atoms. The summed E-state index contributed by atoms with van der Waals surface area (Å²) in [7, 11) is 0. The van der Waals surface area contributed by atoms with Crippen LogP contribution in [0.25, 0.3) is 0 Å². The quantitative estimate of drug-likeness (QED) is 0.832. The summed E-state index contributed by atoms with van der Waals surface area (Å²) in [6.45, 7) is 0.466. The Hall–Kier alpha value is -2.10. The average molecular weight is 218 g/mol. The van der Waals surface area contributed by atoms with Crippen molar-refractivity contribution in [3.8, 4) is 5.88 Å². The van der Waals surface area contributed by atoms with Gasteiger partial charge in [0.25, 0.3) is 0 Å². The third-order valence-electron chi connectivity index (χ3n) is 2.10. The molecule has 1 aromatic carbocycles. The highest BCUT2D eigenvalue weighted by atomic mass is 19.1. The van der Waals surface area contributed by atoms with Gasteiger partial charge in [-0.15, -0.1) is 0 Å². The number of aromatic hydroxyl groups is 1. The standard InChI is InChI=1S/C12H11FN2O/c13-10-4-1-3-9(7-10)8-14-11-5-2-6-12(16)15-11/h1-7H,8H2,(H2,14,15,16). The summed E-state index contributed by atoms with van der Waals surface area (Å²) in [5.41, 5.74) is 0.824. The number of rotatable bonds is 3. The average Bonchev–Trinajstić information content (AvgIpc) is 2.27. The van der Waals surface area contributed by atoms with Crippen molar-refractivity contribution >= 4 is 5.82 Å². The first-order valence-electron chi connectivity index (χ1n) is 4.88. The van der Waals surface area contributed by atoms with Crippen LogP contribution >= 0.6 is 0 Å². The number of nitrogens with one attached hydrogen (secondary N) is 1. The lowest BCUT2D eigenvalue weighted by atomic mass is 10.2. The second-order valence-electron chi connectivity index (χ2n) is 3.36. The van der Waals surface area contributed by atoms with E-state index in [1.807, 2.05) is 6.07 Å². The fourth-order valence-electron chi connectivity index (χ4n) is 1.36. The molecule has 0 saturated heterocycles. The van der Waals surface area contributed by atoms with Crippen LogP contribution in [0, 0.1) is 5.82 Å². The summed E-state index contributed by atoms with van der Waals surface area (Å²) in [6, 6.07) is 11.2. The van der Waals surface area contributed by atoms with E-state index >= 15 is 0 Å². The van der Waals surface area contributed by atoms with E-state index in [4.69, 9.17) is 5.11 Å². The highest BCUT2D eigenvalue weighted by Crippen LogP contribution is 2.11. The van der Waals surface area contributed by atoms with Crippen molar-refractivity contribution in [1.29, 1.82) is 0 Å². The zero-order chi connectivity index (χ0) is 11.4. The molecule has 0 unspecified atom stereocenters. The smallest absolute Gasteiger partial charge is 0.212 e. The number of benzene rings is 1. The molecule has 0 spiro atoms. The van der Waals surface area contributed by atoms with Gasteiger partial charge >= 0.3 is 0 Å². The lowest BCUT2D eigenvalue weighted by Crippen LogP contribution is -2.01. The summed E-state index contributed by atoms with van der Waals surface area (Å²) in [4.78, 5) is 3.86. The van der Waals surface area contributed by atoms with Gasteiger partial charge in [0.05, 0.1) is 0 Å². The molecule has 0 radical (unpaired) electrons. The molecule has 0 aliphatic rings. The van der Waals surface area contributed by atoms with E-state index in [0.29, 0.717) is 12.4 Å². The molecule has 0 saturated carbocycles. The molecule has 1 heterocycles. The predicted molar refractivity (Wildman–Crippen MR) is 59.6 cm³/mol. The summed E-state index contributed by atoms with van der Waals surface area (Å²) in [5, 5.41) is 12.1.